The van der Waals surface area contributed by atoms with Crippen molar-refractivity contribution < 1.29 is 23.9 Å². The Bertz CT molecular complexity index is 497. The van der Waals surface area contributed by atoms with E-state index < -0.39 is 10.6 Å². The molecule has 1 heterocycles. The number of likely N-dealkylation sites (tertiary alicyclic amines) is 1. The van der Waals surface area contributed by atoms with E-state index in [1.54, 1.807) is 31.4 Å². The van der Waals surface area contributed by atoms with E-state index in [1.807, 2.05) is 6.92 Å². The molecule has 5 nitrogen and oxygen atoms in total. The summed E-state index contributed by atoms with van der Waals surface area (Å²) >= 11 is 0. The summed E-state index contributed by atoms with van der Waals surface area (Å²) in [6.45, 7) is 2.18. The van der Waals surface area contributed by atoms with Crippen molar-refractivity contribution in [2.45, 2.75) is 25.8 Å². The number of nitrogens with zero attached hydrogens (tertiary/aromatic N) is 1. The average molecular weight is 264 g/mol. The Morgan fingerprint density at radius 2 is 1.95 bits per heavy atom. The Labute approximate surface area is 112 Å². The SMILES string of the molecule is COc1ccc(C(=O)[N+]2(C(=O)O)CCC[C@H]2C)cc1. The number of ether oxygens (including phenoxy) is 1. The molecule has 2 atom stereocenters. The van der Waals surface area contributed by atoms with Crippen LogP contribution in [0.5, 0.6) is 5.75 Å². The number of carbonyl (C=O) groups is 2. The highest BCUT2D eigenvalue weighted by Crippen LogP contribution is 2.30. The van der Waals surface area contributed by atoms with Gasteiger partial charge in [-0.2, -0.15) is 9.28 Å². The topological polar surface area (TPSA) is 63.6 Å². The lowest BCUT2D eigenvalue weighted by Crippen LogP contribution is -2.58. The number of hydrogen-bond donors (Lipinski definition) is 1. The normalized spacial score (nSPS) is 26.1. The Balaban J connectivity index is 2.37. The van der Waals surface area contributed by atoms with Crippen molar-refractivity contribution in [2.75, 3.05) is 13.7 Å². The standard InChI is InChI=1S/C14H17NO4/c1-10-4-3-9-15(10,14(17)18)13(16)11-5-7-12(19-2)8-6-11/h5-8,10H,3-4,9H2,1-2H3/p+1/t10-,15?/m1/s1. The van der Waals surface area contributed by atoms with E-state index in [9.17, 15) is 14.7 Å². The molecule has 0 radical (unpaired) electrons. The predicted molar refractivity (Wildman–Crippen MR) is 69.2 cm³/mol. The molecule has 1 unspecified atom stereocenters. The van der Waals surface area contributed by atoms with Crippen molar-refractivity contribution in [1.82, 2.24) is 0 Å². The van der Waals surface area contributed by atoms with E-state index >= 15 is 0 Å². The summed E-state index contributed by atoms with van der Waals surface area (Å²) in [5, 5.41) is 9.49. The maximum atomic E-state index is 12.6. The summed E-state index contributed by atoms with van der Waals surface area (Å²) in [4.78, 5) is 24.2. The monoisotopic (exact) mass is 264 g/mol. The maximum Gasteiger partial charge on any atom is 0.521 e. The minimum absolute atomic E-state index is 0.188. The fraction of sp³-hybridized carbons (Fsp3) is 0.429. The molecule has 19 heavy (non-hydrogen) atoms. The molecule has 1 N–H and O–H groups in total. The van der Waals surface area contributed by atoms with Gasteiger partial charge in [0.2, 0.25) is 0 Å². The van der Waals surface area contributed by atoms with Crippen molar-refractivity contribution in [3.05, 3.63) is 29.8 Å². The van der Waals surface area contributed by atoms with Crippen LogP contribution in [0.3, 0.4) is 0 Å². The molecule has 5 heteroatoms. The molecular formula is C14H18NO4+. The minimum atomic E-state index is -1.06. The molecule has 0 aromatic heterocycles. The molecule has 0 spiro atoms. The first-order chi connectivity index (χ1) is 9.02. The number of benzene rings is 1. The molecule has 1 aromatic carbocycles. The summed E-state index contributed by atoms with van der Waals surface area (Å²) in [5.74, 6) is 0.299. The zero-order valence-electron chi connectivity index (χ0n) is 11.1. The van der Waals surface area contributed by atoms with Crippen LogP contribution in [-0.2, 0) is 0 Å². The van der Waals surface area contributed by atoms with Crippen LogP contribution >= 0.6 is 0 Å². The van der Waals surface area contributed by atoms with Crippen LogP contribution in [0.2, 0.25) is 0 Å². The first-order valence-corrected chi connectivity index (χ1v) is 6.32. The third-order valence-electron chi connectivity index (χ3n) is 3.93. The Hall–Kier alpha value is -1.88. The number of amides is 2. The van der Waals surface area contributed by atoms with Crippen molar-refractivity contribution in [3.8, 4) is 5.75 Å². The number of imide groups is 1. The van der Waals surface area contributed by atoms with Gasteiger partial charge in [0.05, 0.1) is 19.2 Å². The van der Waals surface area contributed by atoms with Gasteiger partial charge < -0.3 is 9.84 Å². The molecular weight excluding hydrogens is 246 g/mol. The van der Waals surface area contributed by atoms with Crippen LogP contribution in [0, 0.1) is 0 Å². The fourth-order valence-electron chi connectivity index (χ4n) is 2.71. The minimum Gasteiger partial charge on any atom is -0.497 e. The first-order valence-electron chi connectivity index (χ1n) is 6.32. The van der Waals surface area contributed by atoms with Gasteiger partial charge in [-0.15, -0.1) is 0 Å². The molecule has 0 saturated carbocycles. The van der Waals surface area contributed by atoms with Crippen molar-refractivity contribution in [2.24, 2.45) is 0 Å². The molecule has 1 fully saturated rings. The van der Waals surface area contributed by atoms with Gasteiger partial charge in [0.1, 0.15) is 11.8 Å². The number of methoxy groups -OCH3 is 1. The molecule has 0 aliphatic carbocycles. The highest BCUT2D eigenvalue weighted by atomic mass is 16.5. The lowest BCUT2D eigenvalue weighted by molar-refractivity contribution is -0.785. The van der Waals surface area contributed by atoms with Crippen LogP contribution in [-0.4, -0.2) is 41.3 Å². The van der Waals surface area contributed by atoms with Crippen molar-refractivity contribution in [1.29, 1.82) is 0 Å². The quantitative estimate of drug-likeness (QED) is 0.834. The van der Waals surface area contributed by atoms with Crippen LogP contribution in [0.1, 0.15) is 30.1 Å². The molecule has 1 aromatic rings. The lowest BCUT2D eigenvalue weighted by atomic mass is 10.1. The Morgan fingerprint density at radius 3 is 2.37 bits per heavy atom. The molecule has 2 rings (SSSR count). The van der Waals surface area contributed by atoms with Gasteiger partial charge in [-0.05, 0) is 31.2 Å². The highest BCUT2D eigenvalue weighted by Gasteiger charge is 2.53. The third kappa shape index (κ3) is 2.10. The van der Waals surface area contributed by atoms with Gasteiger partial charge in [-0.25, -0.2) is 4.79 Å². The molecule has 1 aliphatic heterocycles. The Kier molecular flexibility index (Phi) is 3.57. The van der Waals surface area contributed by atoms with Crippen molar-refractivity contribution in [3.63, 3.8) is 0 Å². The molecule has 1 aliphatic rings. The number of quaternary nitrogens is 1. The highest BCUT2D eigenvalue weighted by molar-refractivity contribution is 5.94. The van der Waals surface area contributed by atoms with Crippen LogP contribution in [0.4, 0.5) is 4.79 Å². The average Bonchev–Trinajstić information content (AvgIpc) is 2.81. The van der Waals surface area contributed by atoms with E-state index in [1.165, 1.54) is 0 Å². The second-order valence-corrected chi connectivity index (χ2v) is 4.90. The summed E-state index contributed by atoms with van der Waals surface area (Å²) < 4.78 is 4.54. The second-order valence-electron chi connectivity index (χ2n) is 4.90. The zero-order chi connectivity index (χ0) is 14.0. The summed E-state index contributed by atoms with van der Waals surface area (Å²) in [5.41, 5.74) is 0.414. The number of carbonyl (C=O) groups excluding carboxylic acids is 1. The summed E-state index contributed by atoms with van der Waals surface area (Å²) in [6.07, 6.45) is 0.453. The number of rotatable bonds is 2. The third-order valence-corrected chi connectivity index (χ3v) is 3.93. The van der Waals surface area contributed by atoms with Crippen LogP contribution in [0.25, 0.3) is 0 Å². The first kappa shape index (κ1) is 13.5. The van der Waals surface area contributed by atoms with Gasteiger partial charge in [-0.3, -0.25) is 0 Å². The van der Waals surface area contributed by atoms with E-state index in [2.05, 4.69) is 0 Å². The van der Waals surface area contributed by atoms with Crippen LogP contribution < -0.4 is 4.74 Å². The smallest absolute Gasteiger partial charge is 0.497 e. The van der Waals surface area contributed by atoms with Gasteiger partial charge in [0.25, 0.3) is 0 Å². The molecule has 0 bridgehead atoms. The molecule has 1 saturated heterocycles. The van der Waals surface area contributed by atoms with Crippen molar-refractivity contribution >= 4 is 12.0 Å². The second kappa shape index (κ2) is 5.01. The van der Waals surface area contributed by atoms with Gasteiger partial charge in [0, 0.05) is 12.8 Å². The zero-order valence-corrected chi connectivity index (χ0v) is 11.1. The summed E-state index contributed by atoms with van der Waals surface area (Å²) in [7, 11) is 1.55. The van der Waals surface area contributed by atoms with Gasteiger partial charge in [0.15, 0.2) is 0 Å². The summed E-state index contributed by atoms with van der Waals surface area (Å²) in [6, 6.07) is 6.40. The van der Waals surface area contributed by atoms with Gasteiger partial charge >= 0.3 is 12.0 Å². The lowest BCUT2D eigenvalue weighted by Gasteiger charge is -2.29. The van der Waals surface area contributed by atoms with E-state index in [4.69, 9.17) is 4.74 Å². The number of carboxylic acid groups (broad SMARTS) is 1. The van der Waals surface area contributed by atoms with E-state index in [-0.39, 0.29) is 11.9 Å². The van der Waals surface area contributed by atoms with Gasteiger partial charge in [-0.1, -0.05) is 0 Å². The molecule has 2 amide bonds. The fourth-order valence-corrected chi connectivity index (χ4v) is 2.71. The number of hydrogen-bond acceptors (Lipinski definition) is 3. The molecule has 102 valence electrons. The van der Waals surface area contributed by atoms with E-state index in [0.717, 1.165) is 12.8 Å². The largest absolute Gasteiger partial charge is 0.521 e. The Morgan fingerprint density at radius 1 is 1.32 bits per heavy atom. The van der Waals surface area contributed by atoms with E-state index in [0.29, 0.717) is 17.9 Å². The van der Waals surface area contributed by atoms with Crippen LogP contribution in [0.15, 0.2) is 24.3 Å². The predicted octanol–water partition coefficient (Wildman–Crippen LogP) is 2.51. The maximum absolute atomic E-state index is 12.6.